The Balaban J connectivity index is 0.00000385. The van der Waals surface area contributed by atoms with Crippen LogP contribution in [-0.4, -0.2) is 63.4 Å². The number of likely N-dealkylation sites (N-methyl/N-ethyl adjacent to an activating group) is 1. The van der Waals surface area contributed by atoms with Gasteiger partial charge in [-0.3, -0.25) is 9.69 Å². The molecule has 3 rings (SSSR count). The summed E-state index contributed by atoms with van der Waals surface area (Å²) >= 11 is 8.99. The van der Waals surface area contributed by atoms with Crippen molar-refractivity contribution < 1.29 is 13.2 Å². The second-order valence-electron chi connectivity index (χ2n) is 7.56. The number of anilines is 1. The molecule has 0 aliphatic rings. The van der Waals surface area contributed by atoms with Gasteiger partial charge in [0.05, 0.1) is 20.9 Å². The lowest BCUT2D eigenvalue weighted by molar-refractivity contribution is -0.118. The van der Waals surface area contributed by atoms with Gasteiger partial charge in [0.15, 0.2) is 15.0 Å². The number of nitrogens with zero attached hydrogens (tertiary/aromatic N) is 3. The van der Waals surface area contributed by atoms with Crippen LogP contribution in [0, 0.1) is 0 Å². The number of aromatic nitrogens is 1. The number of benzene rings is 2. The number of carbonyl (C=O) groups is 1. The number of hydrogen-bond acceptors (Lipinski definition) is 7. The number of carbonyl (C=O) groups excluding carboxylic acids is 1. The Labute approximate surface area is 214 Å². The fraction of sp³-hybridized carbons (Fsp3) is 0.364. The number of sulfone groups is 1. The third-order valence-electron chi connectivity index (χ3n) is 4.86. The maximum Gasteiger partial charge on any atom is 0.228 e. The number of amides is 1. The molecule has 0 aliphatic carbocycles. The van der Waals surface area contributed by atoms with Crippen LogP contribution < -0.4 is 4.90 Å². The van der Waals surface area contributed by atoms with Crippen molar-refractivity contribution in [3.63, 3.8) is 0 Å². The molecule has 0 atom stereocenters. The summed E-state index contributed by atoms with van der Waals surface area (Å²) in [6.07, 6.45) is 2.39. The molecule has 11 heteroatoms. The van der Waals surface area contributed by atoms with Crippen molar-refractivity contribution in [1.29, 1.82) is 0 Å². The first-order valence-corrected chi connectivity index (χ1v) is 14.1. The van der Waals surface area contributed by atoms with E-state index in [0.29, 0.717) is 23.2 Å². The molecule has 180 valence electrons. The van der Waals surface area contributed by atoms with E-state index in [1.54, 1.807) is 28.8 Å². The third kappa shape index (κ3) is 7.56. The van der Waals surface area contributed by atoms with Gasteiger partial charge < -0.3 is 4.90 Å². The second kappa shape index (κ2) is 12.4. The number of hydrogen-bond donors (Lipinski definition) is 0. The molecule has 0 saturated carbocycles. The van der Waals surface area contributed by atoms with Gasteiger partial charge in [-0.05, 0) is 69.2 Å². The Hall–Kier alpha value is -1.36. The van der Waals surface area contributed by atoms with Gasteiger partial charge in [0.1, 0.15) is 0 Å². The molecule has 0 fully saturated rings. The molecule has 33 heavy (non-hydrogen) atoms. The monoisotopic (exact) mass is 547 g/mol. The van der Waals surface area contributed by atoms with Crippen molar-refractivity contribution >= 4 is 78.2 Å². The Kier molecular flexibility index (Phi) is 10.5. The maximum atomic E-state index is 13.1. The highest BCUT2D eigenvalue weighted by Crippen LogP contribution is 2.32. The topological polar surface area (TPSA) is 70.6 Å². The van der Waals surface area contributed by atoms with Crippen molar-refractivity contribution in [2.75, 3.05) is 44.1 Å². The largest absolute Gasteiger partial charge is 0.308 e. The first kappa shape index (κ1) is 27.9. The van der Waals surface area contributed by atoms with E-state index < -0.39 is 9.84 Å². The van der Waals surface area contributed by atoms with Crippen LogP contribution in [-0.2, 0) is 14.6 Å². The summed E-state index contributed by atoms with van der Waals surface area (Å²) in [5.41, 5.74) is 0.857. The van der Waals surface area contributed by atoms with Gasteiger partial charge in [-0.1, -0.05) is 22.9 Å². The predicted molar refractivity (Wildman–Crippen MR) is 142 cm³/mol. The molecule has 0 aliphatic heterocycles. The van der Waals surface area contributed by atoms with Crippen LogP contribution in [0.2, 0.25) is 5.02 Å². The first-order valence-electron chi connectivity index (χ1n) is 10.1. The van der Waals surface area contributed by atoms with E-state index in [4.69, 9.17) is 11.6 Å². The van der Waals surface area contributed by atoms with Crippen molar-refractivity contribution in [3.05, 3.63) is 47.5 Å². The predicted octanol–water partition coefficient (Wildman–Crippen LogP) is 5.24. The molecule has 1 heterocycles. The van der Waals surface area contributed by atoms with Crippen LogP contribution in [0.15, 0.2) is 52.3 Å². The number of thioether (sulfide) groups is 1. The fourth-order valence-electron chi connectivity index (χ4n) is 3.07. The normalized spacial score (nSPS) is 11.5. The highest BCUT2D eigenvalue weighted by atomic mass is 35.5. The molecule has 0 bridgehead atoms. The molecule has 0 spiro atoms. The number of fused-ring (bicyclic) bond motifs is 1. The fourth-order valence-corrected chi connectivity index (χ4v) is 6.07. The van der Waals surface area contributed by atoms with Gasteiger partial charge in [-0.25, -0.2) is 13.4 Å². The molecule has 6 nitrogen and oxygen atoms in total. The summed E-state index contributed by atoms with van der Waals surface area (Å²) in [5.74, 6) is -0.221. The standard InChI is InChI=1S/C22H26ClN3O3S3.ClH/c1-25(2)12-13-26(22-24-19-11-8-17(30-3)15-20(19)31-22)21(27)5-4-14-32(28,29)18-9-6-16(23)7-10-18;/h6-11,15H,4-5,12-14H2,1-3H3;1H. The van der Waals surface area contributed by atoms with E-state index in [1.807, 2.05) is 37.4 Å². The van der Waals surface area contributed by atoms with Crippen LogP contribution >= 0.6 is 47.1 Å². The van der Waals surface area contributed by atoms with Gasteiger partial charge in [0.2, 0.25) is 5.91 Å². The highest BCUT2D eigenvalue weighted by Gasteiger charge is 2.21. The van der Waals surface area contributed by atoms with Gasteiger partial charge in [0, 0.05) is 29.4 Å². The molecule has 0 radical (unpaired) electrons. The van der Waals surface area contributed by atoms with Gasteiger partial charge >= 0.3 is 0 Å². The Morgan fingerprint density at radius 1 is 1.12 bits per heavy atom. The summed E-state index contributed by atoms with van der Waals surface area (Å²) in [7, 11) is 0.428. The lowest BCUT2D eigenvalue weighted by Gasteiger charge is -2.22. The molecule has 2 aromatic carbocycles. The summed E-state index contributed by atoms with van der Waals surface area (Å²) in [6, 6.07) is 12.2. The van der Waals surface area contributed by atoms with Crippen molar-refractivity contribution in [2.45, 2.75) is 22.6 Å². The van der Waals surface area contributed by atoms with Gasteiger partial charge in [0.25, 0.3) is 0 Å². The Morgan fingerprint density at radius 3 is 2.45 bits per heavy atom. The van der Waals surface area contributed by atoms with Crippen LogP contribution in [0.5, 0.6) is 0 Å². The minimum absolute atomic E-state index is 0. The third-order valence-corrected chi connectivity index (χ3v) is 8.70. The van der Waals surface area contributed by atoms with E-state index in [0.717, 1.165) is 15.1 Å². The lowest BCUT2D eigenvalue weighted by Crippen LogP contribution is -2.36. The minimum atomic E-state index is -3.47. The quantitative estimate of drug-likeness (QED) is 0.323. The highest BCUT2D eigenvalue weighted by molar-refractivity contribution is 7.98. The molecule has 0 unspecified atom stereocenters. The zero-order valence-electron chi connectivity index (χ0n) is 18.7. The molecular weight excluding hydrogens is 521 g/mol. The van der Waals surface area contributed by atoms with Crippen molar-refractivity contribution in [1.82, 2.24) is 9.88 Å². The smallest absolute Gasteiger partial charge is 0.228 e. The molecule has 1 aromatic heterocycles. The van der Waals surface area contributed by atoms with Crippen LogP contribution in [0.4, 0.5) is 5.13 Å². The Bertz CT molecular complexity index is 1180. The molecule has 0 saturated heterocycles. The second-order valence-corrected chi connectivity index (χ2v) is 12.0. The lowest BCUT2D eigenvalue weighted by atomic mass is 10.3. The van der Waals surface area contributed by atoms with E-state index in [2.05, 4.69) is 11.1 Å². The van der Waals surface area contributed by atoms with E-state index in [-0.39, 0.29) is 41.8 Å². The molecule has 0 N–H and O–H groups in total. The number of thiazole rings is 1. The van der Waals surface area contributed by atoms with Gasteiger partial charge in [-0.2, -0.15) is 0 Å². The van der Waals surface area contributed by atoms with Crippen LogP contribution in [0.1, 0.15) is 12.8 Å². The van der Waals surface area contributed by atoms with E-state index in [1.165, 1.54) is 23.5 Å². The average Bonchev–Trinajstić information content (AvgIpc) is 3.16. The van der Waals surface area contributed by atoms with Crippen molar-refractivity contribution in [3.8, 4) is 0 Å². The maximum absolute atomic E-state index is 13.1. The first-order chi connectivity index (χ1) is 15.2. The summed E-state index contributed by atoms with van der Waals surface area (Å²) in [6.45, 7) is 1.17. The minimum Gasteiger partial charge on any atom is -0.308 e. The number of rotatable bonds is 10. The van der Waals surface area contributed by atoms with E-state index in [9.17, 15) is 13.2 Å². The molecular formula is C22H27Cl2N3O3S3. The average molecular weight is 549 g/mol. The summed E-state index contributed by atoms with van der Waals surface area (Å²) < 4.78 is 26.2. The van der Waals surface area contributed by atoms with Crippen molar-refractivity contribution in [2.24, 2.45) is 0 Å². The SMILES string of the molecule is CSc1ccc2nc(N(CCN(C)C)C(=O)CCCS(=O)(=O)c3ccc(Cl)cc3)sc2c1.Cl. The van der Waals surface area contributed by atoms with Crippen LogP contribution in [0.3, 0.4) is 0 Å². The zero-order valence-corrected chi connectivity index (χ0v) is 22.7. The number of halogens is 2. The van der Waals surface area contributed by atoms with Gasteiger partial charge in [-0.15, -0.1) is 24.2 Å². The van der Waals surface area contributed by atoms with E-state index >= 15 is 0 Å². The van der Waals surface area contributed by atoms with Crippen LogP contribution in [0.25, 0.3) is 10.2 Å². The Morgan fingerprint density at radius 2 is 1.82 bits per heavy atom. The molecule has 3 aromatic rings. The zero-order chi connectivity index (χ0) is 23.3. The summed E-state index contributed by atoms with van der Waals surface area (Å²) in [4.78, 5) is 22.8. The molecule has 1 amide bonds. The summed E-state index contributed by atoms with van der Waals surface area (Å²) in [5, 5.41) is 1.13.